The van der Waals surface area contributed by atoms with Crippen LogP contribution < -0.4 is 5.32 Å². The van der Waals surface area contributed by atoms with Gasteiger partial charge in [0, 0.05) is 12.8 Å². The van der Waals surface area contributed by atoms with Crippen LogP contribution in [0.3, 0.4) is 0 Å². The first-order valence-corrected chi connectivity index (χ1v) is 7.04. The van der Waals surface area contributed by atoms with Gasteiger partial charge in [-0.15, -0.1) is 11.8 Å². The number of nitrogens with zero attached hydrogens (tertiary/aromatic N) is 2. The molecule has 0 saturated heterocycles. The Balaban J connectivity index is 2.10. The number of thioether (sulfide) groups is 1. The standard InChI is InChI=1S/C12H19N3O2S/c1-8-6-10(15(3)14-8)18-7-12(13-2,11(16)17)9-4-5-9/h6,9,13H,4-5,7H2,1-3H3,(H,16,17). The molecule has 1 heterocycles. The number of carboxylic acid groups (broad SMARTS) is 1. The molecule has 18 heavy (non-hydrogen) atoms. The zero-order valence-electron chi connectivity index (χ0n) is 10.9. The number of hydrogen-bond donors (Lipinski definition) is 2. The number of rotatable bonds is 6. The van der Waals surface area contributed by atoms with E-state index in [9.17, 15) is 9.90 Å². The molecule has 1 unspecified atom stereocenters. The fourth-order valence-corrected chi connectivity index (χ4v) is 3.58. The van der Waals surface area contributed by atoms with Gasteiger partial charge in [-0.05, 0) is 38.8 Å². The summed E-state index contributed by atoms with van der Waals surface area (Å²) in [6, 6.07) is 1.99. The minimum atomic E-state index is -0.803. The number of aromatic nitrogens is 2. The molecule has 0 spiro atoms. The summed E-state index contributed by atoms with van der Waals surface area (Å²) >= 11 is 1.55. The Labute approximate surface area is 111 Å². The van der Waals surface area contributed by atoms with Gasteiger partial charge in [0.25, 0.3) is 0 Å². The van der Waals surface area contributed by atoms with E-state index in [2.05, 4.69) is 10.4 Å². The van der Waals surface area contributed by atoms with E-state index in [1.165, 1.54) is 0 Å². The van der Waals surface area contributed by atoms with Crippen molar-refractivity contribution in [1.29, 1.82) is 0 Å². The minimum Gasteiger partial charge on any atom is -0.480 e. The van der Waals surface area contributed by atoms with Crippen LogP contribution in [0.15, 0.2) is 11.1 Å². The first-order chi connectivity index (χ1) is 8.49. The molecule has 2 rings (SSSR count). The lowest BCUT2D eigenvalue weighted by Gasteiger charge is -2.28. The second kappa shape index (κ2) is 4.93. The van der Waals surface area contributed by atoms with E-state index in [0.29, 0.717) is 5.75 Å². The molecule has 0 amide bonds. The van der Waals surface area contributed by atoms with Gasteiger partial charge in [-0.3, -0.25) is 9.48 Å². The maximum absolute atomic E-state index is 11.5. The summed E-state index contributed by atoms with van der Waals surface area (Å²) in [5.74, 6) is 0.0309. The third-order valence-corrected chi connectivity index (χ3v) is 4.79. The largest absolute Gasteiger partial charge is 0.480 e. The highest BCUT2D eigenvalue weighted by Gasteiger charge is 2.50. The number of likely N-dealkylation sites (N-methyl/N-ethyl adjacent to an activating group) is 1. The monoisotopic (exact) mass is 269 g/mol. The number of carbonyl (C=O) groups is 1. The van der Waals surface area contributed by atoms with Gasteiger partial charge in [-0.25, -0.2) is 0 Å². The Morgan fingerprint density at radius 2 is 2.39 bits per heavy atom. The number of carboxylic acids is 1. The molecule has 0 aromatic carbocycles. The highest BCUT2D eigenvalue weighted by Crippen LogP contribution is 2.42. The summed E-state index contributed by atoms with van der Waals surface area (Å²) in [5, 5.41) is 17.8. The van der Waals surface area contributed by atoms with Crippen LogP contribution in [0.5, 0.6) is 0 Å². The van der Waals surface area contributed by atoms with Gasteiger partial charge in [0.15, 0.2) is 0 Å². The summed E-state index contributed by atoms with van der Waals surface area (Å²) in [6.07, 6.45) is 2.00. The number of hydrogen-bond acceptors (Lipinski definition) is 4. The molecule has 1 saturated carbocycles. The summed E-state index contributed by atoms with van der Waals surface area (Å²) in [7, 11) is 3.62. The molecule has 1 aliphatic carbocycles. The first kappa shape index (κ1) is 13.4. The highest BCUT2D eigenvalue weighted by molar-refractivity contribution is 7.99. The molecule has 1 fully saturated rings. The Bertz CT molecular complexity index is 456. The average molecular weight is 269 g/mol. The Morgan fingerprint density at radius 3 is 2.78 bits per heavy atom. The molecule has 5 nitrogen and oxygen atoms in total. The molecule has 0 bridgehead atoms. The van der Waals surface area contributed by atoms with Crippen LogP contribution in [0.2, 0.25) is 0 Å². The second-order valence-corrected chi connectivity index (χ2v) is 5.83. The number of aliphatic carboxylic acids is 1. The van der Waals surface area contributed by atoms with E-state index in [-0.39, 0.29) is 5.92 Å². The van der Waals surface area contributed by atoms with Crippen molar-refractivity contribution >= 4 is 17.7 Å². The molecule has 0 aliphatic heterocycles. The molecule has 1 aliphatic rings. The fraction of sp³-hybridized carbons (Fsp3) is 0.667. The van der Waals surface area contributed by atoms with E-state index in [4.69, 9.17) is 0 Å². The number of nitrogens with one attached hydrogen (secondary N) is 1. The Kier molecular flexibility index (Phi) is 3.68. The summed E-state index contributed by atoms with van der Waals surface area (Å²) in [4.78, 5) is 11.5. The maximum atomic E-state index is 11.5. The molecule has 1 aromatic heterocycles. The van der Waals surface area contributed by atoms with Crippen molar-refractivity contribution in [2.75, 3.05) is 12.8 Å². The van der Waals surface area contributed by atoms with Crippen LogP contribution in [0.1, 0.15) is 18.5 Å². The molecular formula is C12H19N3O2S. The predicted octanol–water partition coefficient (Wildman–Crippen LogP) is 1.27. The average Bonchev–Trinajstić information content (AvgIpc) is 3.08. The van der Waals surface area contributed by atoms with Crippen LogP contribution in [-0.2, 0) is 11.8 Å². The molecule has 100 valence electrons. The van der Waals surface area contributed by atoms with E-state index < -0.39 is 11.5 Å². The summed E-state index contributed by atoms with van der Waals surface area (Å²) in [5.41, 5.74) is 0.153. The first-order valence-electron chi connectivity index (χ1n) is 6.05. The van der Waals surface area contributed by atoms with Crippen molar-refractivity contribution in [3.05, 3.63) is 11.8 Å². The van der Waals surface area contributed by atoms with Crippen molar-refractivity contribution in [2.45, 2.75) is 30.3 Å². The lowest BCUT2D eigenvalue weighted by Crippen LogP contribution is -2.54. The van der Waals surface area contributed by atoms with E-state index in [1.807, 2.05) is 20.0 Å². The van der Waals surface area contributed by atoms with Gasteiger partial charge in [-0.2, -0.15) is 5.10 Å². The van der Waals surface area contributed by atoms with Gasteiger partial charge < -0.3 is 10.4 Å². The lowest BCUT2D eigenvalue weighted by molar-refractivity contribution is -0.144. The zero-order valence-corrected chi connectivity index (χ0v) is 11.8. The highest BCUT2D eigenvalue weighted by atomic mass is 32.2. The van der Waals surface area contributed by atoms with Gasteiger partial charge in [0.2, 0.25) is 0 Å². The molecule has 1 aromatic rings. The lowest BCUT2D eigenvalue weighted by atomic mass is 9.96. The quantitative estimate of drug-likeness (QED) is 0.761. The normalized spacial score (nSPS) is 18.6. The van der Waals surface area contributed by atoms with Crippen molar-refractivity contribution in [1.82, 2.24) is 15.1 Å². The van der Waals surface area contributed by atoms with Gasteiger partial charge >= 0.3 is 5.97 Å². The fourth-order valence-electron chi connectivity index (χ4n) is 2.22. The van der Waals surface area contributed by atoms with Crippen molar-refractivity contribution in [2.24, 2.45) is 13.0 Å². The third kappa shape index (κ3) is 2.40. The molecule has 6 heteroatoms. The van der Waals surface area contributed by atoms with Gasteiger partial charge in [-0.1, -0.05) is 0 Å². The van der Waals surface area contributed by atoms with Crippen LogP contribution in [0.4, 0.5) is 0 Å². The Hall–Kier alpha value is -1.01. The molecule has 1 atom stereocenters. The SMILES string of the molecule is CNC(CSc1cc(C)nn1C)(C(=O)O)C1CC1. The summed E-state index contributed by atoms with van der Waals surface area (Å²) < 4.78 is 1.80. The van der Waals surface area contributed by atoms with E-state index >= 15 is 0 Å². The van der Waals surface area contributed by atoms with E-state index in [1.54, 1.807) is 23.5 Å². The van der Waals surface area contributed by atoms with E-state index in [0.717, 1.165) is 23.6 Å². The molecular weight excluding hydrogens is 250 g/mol. The predicted molar refractivity (Wildman–Crippen MR) is 70.8 cm³/mol. The van der Waals surface area contributed by atoms with Crippen molar-refractivity contribution < 1.29 is 9.90 Å². The van der Waals surface area contributed by atoms with Crippen molar-refractivity contribution in [3.8, 4) is 0 Å². The van der Waals surface area contributed by atoms with Gasteiger partial charge in [0.05, 0.1) is 10.7 Å². The topological polar surface area (TPSA) is 67.2 Å². The van der Waals surface area contributed by atoms with Gasteiger partial charge in [0.1, 0.15) is 5.54 Å². The smallest absolute Gasteiger partial charge is 0.325 e. The molecule has 2 N–H and O–H groups in total. The second-order valence-electron chi connectivity index (χ2n) is 4.84. The van der Waals surface area contributed by atoms with Crippen LogP contribution in [0.25, 0.3) is 0 Å². The van der Waals surface area contributed by atoms with Crippen LogP contribution >= 0.6 is 11.8 Å². The van der Waals surface area contributed by atoms with Crippen LogP contribution in [-0.4, -0.2) is 39.2 Å². The maximum Gasteiger partial charge on any atom is 0.325 e. The van der Waals surface area contributed by atoms with Crippen molar-refractivity contribution in [3.63, 3.8) is 0 Å². The third-order valence-electron chi connectivity index (χ3n) is 3.51. The Morgan fingerprint density at radius 1 is 1.72 bits per heavy atom. The van der Waals surface area contributed by atoms with Crippen LogP contribution in [0, 0.1) is 12.8 Å². The minimum absolute atomic E-state index is 0.252. The number of aryl methyl sites for hydroxylation is 2. The zero-order chi connectivity index (χ0) is 13.3. The summed E-state index contributed by atoms with van der Waals surface area (Å²) in [6.45, 7) is 1.94. The molecule has 0 radical (unpaired) electrons.